The van der Waals surface area contributed by atoms with Crippen molar-refractivity contribution in [3.63, 3.8) is 0 Å². The molecular formula is C31H30N2O4. The SMILES string of the molecule is COC(=O)[C@H](CNC(=O)OCc1ccccc1)NC(c1ccccc1)(c1ccccc1)c1ccccc1. The van der Waals surface area contributed by atoms with Gasteiger partial charge in [-0.2, -0.15) is 0 Å². The Hall–Kier alpha value is -4.42. The summed E-state index contributed by atoms with van der Waals surface area (Å²) in [5, 5.41) is 6.27. The van der Waals surface area contributed by atoms with Crippen LogP contribution in [0.15, 0.2) is 121 Å². The first-order chi connectivity index (χ1) is 18.1. The number of benzene rings is 4. The monoisotopic (exact) mass is 494 g/mol. The number of hydrogen-bond acceptors (Lipinski definition) is 5. The van der Waals surface area contributed by atoms with Crippen LogP contribution in [0.4, 0.5) is 4.79 Å². The molecule has 6 nitrogen and oxygen atoms in total. The van der Waals surface area contributed by atoms with Crippen molar-refractivity contribution in [1.82, 2.24) is 10.6 Å². The second-order valence-electron chi connectivity index (χ2n) is 8.51. The van der Waals surface area contributed by atoms with Crippen molar-refractivity contribution in [2.75, 3.05) is 13.7 Å². The molecule has 0 aromatic heterocycles. The molecule has 0 radical (unpaired) electrons. The van der Waals surface area contributed by atoms with Crippen LogP contribution >= 0.6 is 0 Å². The summed E-state index contributed by atoms with van der Waals surface area (Å²) in [5.41, 5.74) is 2.78. The van der Waals surface area contributed by atoms with Gasteiger partial charge in [-0.1, -0.05) is 121 Å². The Morgan fingerprint density at radius 1 is 0.703 bits per heavy atom. The van der Waals surface area contributed by atoms with Crippen molar-refractivity contribution in [3.8, 4) is 0 Å². The summed E-state index contributed by atoms with van der Waals surface area (Å²) in [5.74, 6) is -0.504. The Morgan fingerprint density at radius 3 is 1.57 bits per heavy atom. The van der Waals surface area contributed by atoms with Gasteiger partial charge in [0.15, 0.2) is 0 Å². The van der Waals surface area contributed by atoms with E-state index >= 15 is 0 Å². The van der Waals surface area contributed by atoms with Gasteiger partial charge in [0, 0.05) is 6.54 Å². The van der Waals surface area contributed by atoms with E-state index in [1.54, 1.807) is 0 Å². The van der Waals surface area contributed by atoms with Gasteiger partial charge in [-0.25, -0.2) is 4.79 Å². The molecule has 2 N–H and O–H groups in total. The fourth-order valence-corrected chi connectivity index (χ4v) is 4.37. The number of amides is 1. The van der Waals surface area contributed by atoms with E-state index in [9.17, 15) is 9.59 Å². The van der Waals surface area contributed by atoms with E-state index < -0.39 is 23.6 Å². The van der Waals surface area contributed by atoms with E-state index in [0.717, 1.165) is 22.3 Å². The quantitative estimate of drug-likeness (QED) is 0.239. The topological polar surface area (TPSA) is 76.7 Å². The number of carbonyl (C=O) groups is 2. The molecule has 0 aliphatic carbocycles. The normalized spacial score (nSPS) is 11.8. The second kappa shape index (κ2) is 12.5. The van der Waals surface area contributed by atoms with Crippen LogP contribution in [0.5, 0.6) is 0 Å². The predicted octanol–water partition coefficient (Wildman–Crippen LogP) is 5.04. The molecule has 0 aliphatic heterocycles. The lowest BCUT2D eigenvalue weighted by atomic mass is 9.76. The number of methoxy groups -OCH3 is 1. The maximum Gasteiger partial charge on any atom is 0.407 e. The first-order valence-electron chi connectivity index (χ1n) is 12.1. The van der Waals surface area contributed by atoms with Gasteiger partial charge < -0.3 is 14.8 Å². The van der Waals surface area contributed by atoms with Crippen molar-refractivity contribution in [1.29, 1.82) is 0 Å². The lowest BCUT2D eigenvalue weighted by Gasteiger charge is -2.39. The van der Waals surface area contributed by atoms with E-state index in [4.69, 9.17) is 9.47 Å². The van der Waals surface area contributed by atoms with Crippen LogP contribution in [0.2, 0.25) is 0 Å². The summed E-state index contributed by atoms with van der Waals surface area (Å²) in [6, 6.07) is 38.3. The number of ether oxygens (including phenoxy) is 2. The highest BCUT2D eigenvalue weighted by Gasteiger charge is 2.40. The molecule has 0 aliphatic rings. The average molecular weight is 495 g/mol. The van der Waals surface area contributed by atoms with Crippen LogP contribution in [0, 0.1) is 0 Å². The third-order valence-corrected chi connectivity index (χ3v) is 6.16. The molecule has 0 saturated heterocycles. The Bertz CT molecular complexity index is 1170. The van der Waals surface area contributed by atoms with E-state index in [0.29, 0.717) is 0 Å². The lowest BCUT2D eigenvalue weighted by Crippen LogP contribution is -2.56. The summed E-state index contributed by atoms with van der Waals surface area (Å²) in [6.45, 7) is 0.0967. The number of hydrogen-bond donors (Lipinski definition) is 2. The van der Waals surface area contributed by atoms with Gasteiger partial charge in [-0.3, -0.25) is 10.1 Å². The molecule has 4 rings (SSSR count). The first-order valence-corrected chi connectivity index (χ1v) is 12.1. The molecule has 0 fully saturated rings. The third kappa shape index (κ3) is 6.23. The molecule has 188 valence electrons. The van der Waals surface area contributed by atoms with E-state index in [2.05, 4.69) is 10.6 Å². The molecule has 1 amide bonds. The largest absolute Gasteiger partial charge is 0.468 e. The van der Waals surface area contributed by atoms with Gasteiger partial charge in [-0.05, 0) is 22.3 Å². The molecule has 4 aromatic carbocycles. The second-order valence-corrected chi connectivity index (χ2v) is 8.51. The van der Waals surface area contributed by atoms with Crippen LogP contribution in [0.1, 0.15) is 22.3 Å². The van der Waals surface area contributed by atoms with Gasteiger partial charge in [0.1, 0.15) is 12.6 Å². The molecule has 0 bridgehead atoms. The van der Waals surface area contributed by atoms with Gasteiger partial charge in [0.2, 0.25) is 0 Å². The summed E-state index contributed by atoms with van der Waals surface area (Å²) < 4.78 is 10.5. The first kappa shape index (κ1) is 25.7. The molecule has 37 heavy (non-hydrogen) atoms. The Labute approximate surface area is 217 Å². The van der Waals surface area contributed by atoms with E-state index in [1.807, 2.05) is 121 Å². The highest BCUT2D eigenvalue weighted by Crippen LogP contribution is 2.37. The number of esters is 1. The minimum atomic E-state index is -0.905. The Morgan fingerprint density at radius 2 is 1.14 bits per heavy atom. The minimum Gasteiger partial charge on any atom is -0.468 e. The maximum absolute atomic E-state index is 13.0. The molecule has 6 heteroatoms. The number of carbonyl (C=O) groups excluding carboxylic acids is 2. The standard InChI is InChI=1S/C31H30N2O4/c1-36-29(34)28(22-32-30(35)37-23-24-14-6-2-7-15-24)33-31(25-16-8-3-9-17-25,26-18-10-4-11-19-26)27-20-12-5-13-21-27/h2-21,28,33H,22-23H2,1H3,(H,32,35)/t28-/m0/s1. The average Bonchev–Trinajstić information content (AvgIpc) is 2.98. The molecule has 0 saturated carbocycles. The number of rotatable bonds is 10. The van der Waals surface area contributed by atoms with Crippen LogP contribution in [-0.4, -0.2) is 31.8 Å². The summed E-state index contributed by atoms with van der Waals surface area (Å²) in [7, 11) is 1.33. The Balaban J connectivity index is 1.66. The molecule has 1 atom stereocenters. The van der Waals surface area contributed by atoms with Crippen molar-refractivity contribution < 1.29 is 19.1 Å². The van der Waals surface area contributed by atoms with Crippen molar-refractivity contribution in [2.45, 2.75) is 18.2 Å². The summed E-state index contributed by atoms with van der Waals surface area (Å²) in [6.07, 6.45) is -0.621. The highest BCUT2D eigenvalue weighted by atomic mass is 16.5. The van der Waals surface area contributed by atoms with Gasteiger partial charge in [0.05, 0.1) is 12.6 Å². The number of nitrogens with one attached hydrogen (secondary N) is 2. The minimum absolute atomic E-state index is 0.0332. The van der Waals surface area contributed by atoms with E-state index in [1.165, 1.54) is 7.11 Å². The van der Waals surface area contributed by atoms with Gasteiger partial charge in [-0.15, -0.1) is 0 Å². The van der Waals surface area contributed by atoms with Crippen molar-refractivity contribution in [3.05, 3.63) is 144 Å². The van der Waals surface area contributed by atoms with Crippen LogP contribution in [-0.2, 0) is 26.4 Å². The van der Waals surface area contributed by atoms with Crippen molar-refractivity contribution in [2.24, 2.45) is 0 Å². The van der Waals surface area contributed by atoms with Crippen LogP contribution in [0.3, 0.4) is 0 Å². The Kier molecular flexibility index (Phi) is 8.68. The third-order valence-electron chi connectivity index (χ3n) is 6.16. The zero-order valence-electron chi connectivity index (χ0n) is 20.7. The van der Waals surface area contributed by atoms with Gasteiger partial charge in [0.25, 0.3) is 0 Å². The molecule has 0 heterocycles. The molecule has 4 aromatic rings. The smallest absolute Gasteiger partial charge is 0.407 e. The zero-order chi connectivity index (χ0) is 25.9. The lowest BCUT2D eigenvalue weighted by molar-refractivity contribution is -0.143. The fourth-order valence-electron chi connectivity index (χ4n) is 4.37. The predicted molar refractivity (Wildman–Crippen MR) is 143 cm³/mol. The zero-order valence-corrected chi connectivity index (χ0v) is 20.7. The molecular weight excluding hydrogens is 464 g/mol. The summed E-state index contributed by atoms with van der Waals surface area (Å²) in [4.78, 5) is 25.5. The highest BCUT2D eigenvalue weighted by molar-refractivity contribution is 5.78. The molecule has 0 unspecified atom stereocenters. The molecule has 0 spiro atoms. The number of alkyl carbamates (subject to hydrolysis) is 1. The van der Waals surface area contributed by atoms with E-state index in [-0.39, 0.29) is 13.2 Å². The van der Waals surface area contributed by atoms with Crippen LogP contribution < -0.4 is 10.6 Å². The summed E-state index contributed by atoms with van der Waals surface area (Å²) >= 11 is 0. The van der Waals surface area contributed by atoms with Crippen LogP contribution in [0.25, 0.3) is 0 Å². The maximum atomic E-state index is 13.0. The van der Waals surface area contributed by atoms with Crippen molar-refractivity contribution >= 4 is 12.1 Å². The fraction of sp³-hybridized carbons (Fsp3) is 0.161. The van der Waals surface area contributed by atoms with Gasteiger partial charge >= 0.3 is 12.1 Å².